The van der Waals surface area contributed by atoms with Crippen LogP contribution in [-0.2, 0) is 9.59 Å². The highest BCUT2D eigenvalue weighted by Crippen LogP contribution is 2.20. The van der Waals surface area contributed by atoms with E-state index >= 15 is 0 Å². The van der Waals surface area contributed by atoms with Crippen molar-refractivity contribution in [1.29, 1.82) is 0 Å². The van der Waals surface area contributed by atoms with Gasteiger partial charge in [0, 0.05) is 19.5 Å². The molecule has 0 aliphatic carbocycles. The summed E-state index contributed by atoms with van der Waals surface area (Å²) in [5, 5.41) is 9.02. The van der Waals surface area contributed by atoms with E-state index in [0.29, 0.717) is 25.6 Å². The van der Waals surface area contributed by atoms with Gasteiger partial charge in [0.2, 0.25) is 17.8 Å². The Balaban J connectivity index is 1.90. The number of anilines is 1. The zero-order valence-corrected chi connectivity index (χ0v) is 12.5. The molecular weight excluding hydrogens is 274 g/mol. The number of nitrogens with zero attached hydrogens (tertiary/aromatic N) is 3. The van der Waals surface area contributed by atoms with E-state index in [9.17, 15) is 9.59 Å². The van der Waals surface area contributed by atoms with E-state index in [0.717, 1.165) is 0 Å². The van der Waals surface area contributed by atoms with Crippen LogP contribution in [0.4, 0.5) is 5.95 Å². The van der Waals surface area contributed by atoms with Crippen LogP contribution in [0.3, 0.4) is 0 Å². The number of nitrogens with one attached hydrogen (secondary N) is 2. The summed E-state index contributed by atoms with van der Waals surface area (Å²) >= 11 is 0. The number of rotatable bonds is 6. The van der Waals surface area contributed by atoms with Gasteiger partial charge in [-0.1, -0.05) is 13.8 Å². The van der Waals surface area contributed by atoms with Crippen molar-refractivity contribution in [3.05, 3.63) is 0 Å². The monoisotopic (exact) mass is 295 g/mol. The first-order valence-corrected chi connectivity index (χ1v) is 7.13. The Morgan fingerprint density at radius 2 is 2.33 bits per heavy atom. The molecule has 1 fully saturated rings. The van der Waals surface area contributed by atoms with E-state index in [4.69, 9.17) is 4.74 Å². The third kappa shape index (κ3) is 3.93. The fraction of sp³-hybridized carbons (Fsp3) is 0.692. The van der Waals surface area contributed by atoms with Crippen LogP contribution in [0.2, 0.25) is 0 Å². The van der Waals surface area contributed by atoms with Crippen molar-refractivity contribution in [3.63, 3.8) is 0 Å². The number of carbonyl (C=O) groups excluding carboxylic acids is 2. The first-order chi connectivity index (χ1) is 9.99. The van der Waals surface area contributed by atoms with Gasteiger partial charge in [0.1, 0.15) is 0 Å². The zero-order valence-electron chi connectivity index (χ0n) is 12.5. The number of carbonyl (C=O) groups is 2. The second-order valence-electron chi connectivity index (χ2n) is 5.48. The molecule has 8 heteroatoms. The average Bonchev–Trinajstić information content (AvgIpc) is 2.97. The van der Waals surface area contributed by atoms with Gasteiger partial charge in [-0.15, -0.1) is 5.10 Å². The van der Waals surface area contributed by atoms with E-state index in [1.165, 1.54) is 0 Å². The highest BCUT2D eigenvalue weighted by Gasteiger charge is 2.34. The lowest BCUT2D eigenvalue weighted by atomic mass is 10.1. The Morgan fingerprint density at radius 1 is 1.57 bits per heavy atom. The highest BCUT2D eigenvalue weighted by atomic mass is 16.5. The van der Waals surface area contributed by atoms with E-state index < -0.39 is 0 Å². The first-order valence-electron chi connectivity index (χ1n) is 7.13. The molecule has 8 nitrogen and oxygen atoms in total. The molecular formula is C13H21N5O3. The lowest BCUT2D eigenvalue weighted by Gasteiger charge is -2.18. The van der Waals surface area contributed by atoms with Gasteiger partial charge in [-0.3, -0.25) is 14.9 Å². The molecule has 116 valence electrons. The van der Waals surface area contributed by atoms with Crippen molar-refractivity contribution in [2.24, 2.45) is 11.8 Å². The van der Waals surface area contributed by atoms with Gasteiger partial charge in [-0.05, 0) is 12.8 Å². The van der Waals surface area contributed by atoms with Crippen LogP contribution in [-0.4, -0.2) is 51.6 Å². The number of ether oxygens (including phenoxy) is 1. The topological polar surface area (TPSA) is 100 Å². The Kier molecular flexibility index (Phi) is 4.77. The number of amides is 2. The maximum atomic E-state index is 12.1. The van der Waals surface area contributed by atoms with Crippen molar-refractivity contribution in [2.45, 2.75) is 27.2 Å². The summed E-state index contributed by atoms with van der Waals surface area (Å²) in [6.45, 7) is 7.50. The van der Waals surface area contributed by atoms with Crippen molar-refractivity contribution in [3.8, 4) is 6.01 Å². The predicted octanol–water partition coefficient (Wildman–Crippen LogP) is 0.646. The van der Waals surface area contributed by atoms with Crippen LogP contribution in [0.1, 0.15) is 27.2 Å². The third-order valence-electron chi connectivity index (χ3n) is 3.15. The van der Waals surface area contributed by atoms with Gasteiger partial charge in [0.25, 0.3) is 0 Å². The quantitative estimate of drug-likeness (QED) is 0.802. The summed E-state index contributed by atoms with van der Waals surface area (Å²) in [5.74, 6) is 0.0686. The Bertz CT molecular complexity index is 514. The summed E-state index contributed by atoms with van der Waals surface area (Å²) in [5.41, 5.74) is 0. The third-order valence-corrected chi connectivity index (χ3v) is 3.15. The zero-order chi connectivity index (χ0) is 15.4. The number of H-pyrrole nitrogens is 1. The van der Waals surface area contributed by atoms with Crippen molar-refractivity contribution >= 4 is 17.8 Å². The smallest absolute Gasteiger partial charge is 0.337 e. The predicted molar refractivity (Wildman–Crippen MR) is 75.7 cm³/mol. The second kappa shape index (κ2) is 6.55. The van der Waals surface area contributed by atoms with Crippen molar-refractivity contribution < 1.29 is 14.3 Å². The minimum absolute atomic E-state index is 0.0245. The van der Waals surface area contributed by atoms with E-state index in [2.05, 4.69) is 20.5 Å². The van der Waals surface area contributed by atoms with E-state index in [1.54, 1.807) is 4.90 Å². The molecule has 2 rings (SSSR count). The maximum absolute atomic E-state index is 12.1. The molecule has 1 unspecified atom stereocenters. The van der Waals surface area contributed by atoms with Gasteiger partial charge < -0.3 is 9.64 Å². The van der Waals surface area contributed by atoms with Crippen LogP contribution in [0.25, 0.3) is 0 Å². The van der Waals surface area contributed by atoms with Crippen molar-refractivity contribution in [2.75, 3.05) is 25.0 Å². The summed E-state index contributed by atoms with van der Waals surface area (Å²) in [4.78, 5) is 29.7. The van der Waals surface area contributed by atoms with Gasteiger partial charge in [0.05, 0.1) is 12.5 Å². The minimum atomic E-state index is -0.350. The van der Waals surface area contributed by atoms with Crippen LogP contribution in [0.15, 0.2) is 0 Å². The lowest BCUT2D eigenvalue weighted by Crippen LogP contribution is -2.31. The van der Waals surface area contributed by atoms with E-state index in [-0.39, 0.29) is 36.1 Å². The number of hydrogen-bond donors (Lipinski definition) is 2. The summed E-state index contributed by atoms with van der Waals surface area (Å²) in [6, 6.07) is 0.191. The molecule has 0 spiro atoms. The summed E-state index contributed by atoms with van der Waals surface area (Å²) in [6.07, 6.45) is 0.241. The van der Waals surface area contributed by atoms with Crippen LogP contribution < -0.4 is 10.1 Å². The van der Waals surface area contributed by atoms with Crippen LogP contribution in [0.5, 0.6) is 6.01 Å². The molecule has 1 aromatic heterocycles. The molecule has 1 atom stereocenters. The number of aromatic amines is 1. The van der Waals surface area contributed by atoms with Gasteiger partial charge >= 0.3 is 6.01 Å². The molecule has 0 bridgehead atoms. The number of likely N-dealkylation sites (tertiary alicyclic amines) is 1. The first kappa shape index (κ1) is 15.3. The fourth-order valence-corrected chi connectivity index (χ4v) is 2.28. The van der Waals surface area contributed by atoms with Gasteiger partial charge in [-0.2, -0.15) is 4.98 Å². The molecule has 0 saturated carbocycles. The molecule has 0 aromatic carbocycles. The lowest BCUT2D eigenvalue weighted by molar-refractivity contribution is -0.128. The van der Waals surface area contributed by atoms with Gasteiger partial charge in [0.15, 0.2) is 0 Å². The minimum Gasteiger partial charge on any atom is -0.463 e. The molecule has 21 heavy (non-hydrogen) atoms. The normalized spacial score (nSPS) is 18.4. The van der Waals surface area contributed by atoms with Crippen molar-refractivity contribution in [1.82, 2.24) is 20.1 Å². The summed E-state index contributed by atoms with van der Waals surface area (Å²) < 4.78 is 5.10. The number of hydrogen-bond acceptors (Lipinski definition) is 5. The molecule has 2 amide bonds. The Hall–Kier alpha value is -2.12. The molecule has 1 saturated heterocycles. The molecule has 0 radical (unpaired) electrons. The fourth-order valence-electron chi connectivity index (χ4n) is 2.28. The molecule has 2 heterocycles. The molecule has 1 aliphatic heterocycles. The summed E-state index contributed by atoms with van der Waals surface area (Å²) in [7, 11) is 0. The largest absolute Gasteiger partial charge is 0.463 e. The molecule has 1 aliphatic rings. The van der Waals surface area contributed by atoms with Crippen LogP contribution in [0, 0.1) is 11.8 Å². The second-order valence-corrected chi connectivity index (χ2v) is 5.48. The van der Waals surface area contributed by atoms with E-state index in [1.807, 2.05) is 20.8 Å². The van der Waals surface area contributed by atoms with Crippen LogP contribution >= 0.6 is 0 Å². The number of aromatic nitrogens is 3. The van der Waals surface area contributed by atoms with Gasteiger partial charge in [-0.25, -0.2) is 5.10 Å². The Morgan fingerprint density at radius 3 is 3.00 bits per heavy atom. The highest BCUT2D eigenvalue weighted by molar-refractivity contribution is 5.96. The SMILES string of the molecule is CCOc1n[nH]c(NC(=O)C2CC(=O)N(CC(C)C)C2)n1. The Labute approximate surface area is 123 Å². The molecule has 1 aromatic rings. The average molecular weight is 295 g/mol. The standard InChI is InChI=1S/C13H21N5O3/c1-4-21-13-15-12(16-17-13)14-11(20)9-5-10(19)18(7-9)6-8(2)3/h8-9H,4-7H2,1-3H3,(H2,14,15,16,17,20). The maximum Gasteiger partial charge on any atom is 0.337 e. The molecule has 2 N–H and O–H groups in total.